The molecule has 5 aliphatic rings. The van der Waals surface area contributed by atoms with Gasteiger partial charge in [-0.05, 0) is 180 Å². The highest BCUT2D eigenvalue weighted by atomic mass is 19.1. The van der Waals surface area contributed by atoms with Gasteiger partial charge in [-0.1, -0.05) is 162 Å². The van der Waals surface area contributed by atoms with Crippen LogP contribution in [0, 0.1) is 23.6 Å². The van der Waals surface area contributed by atoms with Gasteiger partial charge < -0.3 is 76.8 Å². The molecule has 1 fully saturated rings. The highest BCUT2D eigenvalue weighted by molar-refractivity contribution is 5.95. The molecule has 13 atom stereocenters. The Kier molecular flexibility index (Phi) is 34.8. The SMILES string of the molecule is CC(C)[C@@H]1NC[C@@H](C)Oc2ccccc2CCCNC(=O)[C@@H](Cc2ccc(F)cc2)NC(=O)[C@@H](C)N(C)C1=O.CCC(C)[C@@H]1NC[C@@H](C)Oc2ccccc2CCCNC(=O)[C@@H](Cc2ccccc2)NC(=O)[C@@H](C)N(C)C1=O.C[C@@H]1C(=O)N[C@H](Cc2ccccc2)C(=O)NCCCc2cccc3c2OC(CC3)CN[C@@H](C2CC2)C(=O)N1C. The summed E-state index contributed by atoms with van der Waals surface area (Å²) in [5.74, 6) is 0.0269. The average molecular weight is 1610 g/mol. The number of amides is 9. The van der Waals surface area contributed by atoms with E-state index in [4.69, 9.17) is 14.2 Å². The lowest BCUT2D eigenvalue weighted by atomic mass is 9.96. The number of fused-ring (bicyclic) bond motifs is 3. The zero-order valence-corrected chi connectivity index (χ0v) is 70.4. The number of carbonyl (C=O) groups excluding carboxylic acids is 9. The summed E-state index contributed by atoms with van der Waals surface area (Å²) in [6, 6.07) is 41.1. The molecule has 632 valence electrons. The first kappa shape index (κ1) is 90.7. The van der Waals surface area contributed by atoms with Gasteiger partial charge in [-0.3, -0.25) is 43.2 Å². The third-order valence-electron chi connectivity index (χ3n) is 22.9. The van der Waals surface area contributed by atoms with Gasteiger partial charge in [0.15, 0.2) is 0 Å². The van der Waals surface area contributed by atoms with Crippen LogP contribution in [0.1, 0.15) is 146 Å². The molecule has 24 nitrogen and oxygen atoms in total. The van der Waals surface area contributed by atoms with Crippen LogP contribution < -0.4 is 62.1 Å². The summed E-state index contributed by atoms with van der Waals surface area (Å²) in [5, 5.41) is 27.9. The third kappa shape index (κ3) is 26.9. The Labute approximate surface area is 690 Å². The number of nitrogens with one attached hydrogen (secondary N) is 9. The van der Waals surface area contributed by atoms with Crippen molar-refractivity contribution in [1.82, 2.24) is 62.6 Å². The van der Waals surface area contributed by atoms with E-state index < -0.39 is 54.2 Å². The number of nitrogens with zero attached hydrogens (tertiary/aromatic N) is 3. The Balaban J connectivity index is 0.000000200. The molecule has 117 heavy (non-hydrogen) atoms. The minimum Gasteiger partial charge on any atom is -0.489 e. The summed E-state index contributed by atoms with van der Waals surface area (Å²) in [7, 11) is 4.91. The molecule has 9 N–H and O–H groups in total. The van der Waals surface area contributed by atoms with Gasteiger partial charge in [-0.15, -0.1) is 0 Å². The smallest absolute Gasteiger partial charge is 0.243 e. The molecule has 6 aromatic carbocycles. The fourth-order valence-electron chi connectivity index (χ4n) is 14.8. The first-order valence-corrected chi connectivity index (χ1v) is 42.0. The summed E-state index contributed by atoms with van der Waals surface area (Å²) in [6.07, 6.45) is 9.54. The van der Waals surface area contributed by atoms with Crippen molar-refractivity contribution in [3.63, 3.8) is 0 Å². The number of benzene rings is 6. The third-order valence-corrected chi connectivity index (χ3v) is 22.9. The lowest BCUT2D eigenvalue weighted by Crippen LogP contribution is -2.57. The van der Waals surface area contributed by atoms with Crippen LogP contribution in [-0.4, -0.2) is 201 Å². The van der Waals surface area contributed by atoms with Gasteiger partial charge in [0.1, 0.15) is 77.6 Å². The van der Waals surface area contributed by atoms with Gasteiger partial charge >= 0.3 is 0 Å². The van der Waals surface area contributed by atoms with Crippen LogP contribution in [0.5, 0.6) is 17.2 Å². The fourth-order valence-corrected chi connectivity index (χ4v) is 14.8. The second kappa shape index (κ2) is 44.9. The molecular weight excluding hydrogens is 1480 g/mol. The molecule has 1 aliphatic carbocycles. The molecule has 9 amide bonds. The standard InChI is InChI=1S/C31H40N4O4.C31H44N4O4.C30H41FN4O4/c1-20-29(36)34-26(18-21-8-4-3-5-9-21)30(37)32-17-7-12-23-10-6-11-24-15-16-25(39-28(23)24)19-33-27(22-13-14-22)31(38)35(20)2;1-6-21(2)28-31(38)35(5)23(4)29(36)34-26(19-24-13-8-7-9-14-24)30(37)32-18-12-16-25-15-10-11-17-27(25)39-22(3)20-33-28;1-19(2)27-30(38)35(5)21(4)28(36)34-25(17-22-12-14-24(31)15-13-22)29(37)32-16-8-10-23-9-6-7-11-26(23)39-20(3)18-33-27/h3-6,8-11,20,22,25-27,33H,7,12-19H2,1-2H3,(H,32,37)(H,34,36);7-11,13-15,17,21-23,26,28,33H,6,12,16,18-20H2,1-5H3,(H,32,37)(H,34,36);6-7,9,11-15,19-21,25,27,33H,8,10,16-18H2,1-5H3,(H,32,37)(H,34,36)/t20-,25?,26-,27+;21?,22-,23-,26-,28+;20-,21-,25-,27+/m111/s1. The Morgan fingerprint density at radius 3 is 1.23 bits per heavy atom. The Morgan fingerprint density at radius 2 is 0.795 bits per heavy atom. The van der Waals surface area contributed by atoms with Gasteiger partial charge in [-0.25, -0.2) is 4.39 Å². The molecule has 1 saturated carbocycles. The first-order chi connectivity index (χ1) is 56.2. The van der Waals surface area contributed by atoms with E-state index in [1.54, 1.807) is 54.0 Å². The highest BCUT2D eigenvalue weighted by Gasteiger charge is 2.41. The maximum Gasteiger partial charge on any atom is 0.243 e. The molecule has 0 saturated heterocycles. The number of hydrogen-bond acceptors (Lipinski definition) is 15. The average Bonchev–Trinajstić information content (AvgIpc) is 1.36. The number of hydrogen-bond donors (Lipinski definition) is 9. The zero-order valence-electron chi connectivity index (χ0n) is 70.4. The van der Waals surface area contributed by atoms with Crippen molar-refractivity contribution in [2.24, 2.45) is 17.8 Å². The van der Waals surface area contributed by atoms with E-state index in [1.165, 1.54) is 32.4 Å². The molecule has 4 heterocycles. The monoisotopic (exact) mass is 1610 g/mol. The number of para-hydroxylation sites is 3. The second-order valence-corrected chi connectivity index (χ2v) is 32.3. The predicted octanol–water partition coefficient (Wildman–Crippen LogP) is 8.32. The maximum absolute atomic E-state index is 13.6. The molecule has 0 spiro atoms. The largest absolute Gasteiger partial charge is 0.489 e. The second-order valence-electron chi connectivity index (χ2n) is 32.3. The Hall–Kier alpha value is -10.2. The number of likely N-dealkylation sites (N-methyl/N-ethyl adjacent to an activating group) is 3. The van der Waals surface area contributed by atoms with Crippen LogP contribution in [0.3, 0.4) is 0 Å². The number of rotatable bonds is 10. The van der Waals surface area contributed by atoms with Crippen molar-refractivity contribution in [2.45, 2.75) is 225 Å². The van der Waals surface area contributed by atoms with E-state index in [9.17, 15) is 47.5 Å². The molecule has 25 heteroatoms. The van der Waals surface area contributed by atoms with Gasteiger partial charge in [0.05, 0.1) is 18.1 Å². The van der Waals surface area contributed by atoms with Crippen LogP contribution in [0.4, 0.5) is 4.39 Å². The van der Waals surface area contributed by atoms with Crippen LogP contribution in [0.15, 0.2) is 152 Å². The van der Waals surface area contributed by atoms with Crippen molar-refractivity contribution in [2.75, 3.05) is 60.4 Å². The lowest BCUT2D eigenvalue weighted by molar-refractivity contribution is -0.141. The maximum atomic E-state index is 13.6. The fraction of sp³-hybridized carbons (Fsp3) is 0.511. The number of halogens is 1. The van der Waals surface area contributed by atoms with Gasteiger partial charge in [0.2, 0.25) is 53.2 Å². The van der Waals surface area contributed by atoms with E-state index in [0.29, 0.717) is 70.5 Å². The lowest BCUT2D eigenvalue weighted by Gasteiger charge is -2.33. The topological polar surface area (TPSA) is 299 Å². The molecule has 11 rings (SSSR count). The Bertz CT molecular complexity index is 4250. The van der Waals surface area contributed by atoms with Crippen LogP contribution in [-0.2, 0) is 88.1 Å². The number of ether oxygens (including phenoxy) is 3. The van der Waals surface area contributed by atoms with Crippen LogP contribution in [0.25, 0.3) is 0 Å². The highest BCUT2D eigenvalue weighted by Crippen LogP contribution is 2.36. The molecule has 4 aliphatic heterocycles. The molecule has 0 radical (unpaired) electrons. The Morgan fingerprint density at radius 1 is 0.410 bits per heavy atom. The van der Waals surface area contributed by atoms with E-state index in [0.717, 1.165) is 103 Å². The van der Waals surface area contributed by atoms with Crippen LogP contribution >= 0.6 is 0 Å². The van der Waals surface area contributed by atoms with E-state index in [2.05, 4.69) is 66.1 Å². The van der Waals surface area contributed by atoms with E-state index in [1.807, 2.05) is 151 Å². The van der Waals surface area contributed by atoms with E-state index in [-0.39, 0.29) is 102 Å². The molecule has 6 aromatic rings. The minimum absolute atomic E-state index is 0.0175. The van der Waals surface area contributed by atoms with Crippen LogP contribution in [0.2, 0.25) is 0 Å². The normalized spacial score (nSPS) is 25.4. The number of carbonyl (C=O) groups is 9. The quantitative estimate of drug-likeness (QED) is 0.0623. The van der Waals surface area contributed by atoms with Gasteiger partial charge in [0.25, 0.3) is 0 Å². The summed E-state index contributed by atoms with van der Waals surface area (Å²) in [4.78, 5) is 125. The summed E-state index contributed by atoms with van der Waals surface area (Å²) in [5.41, 5.74) is 7.07. The first-order valence-electron chi connectivity index (χ1n) is 42.0. The minimum atomic E-state index is -0.886. The molecular formula is C92H125FN12O12. The summed E-state index contributed by atoms with van der Waals surface area (Å²) >= 11 is 0. The molecule has 2 unspecified atom stereocenters. The van der Waals surface area contributed by atoms with Gasteiger partial charge in [0, 0.05) is 79.7 Å². The molecule has 0 aromatic heterocycles. The van der Waals surface area contributed by atoms with E-state index >= 15 is 0 Å². The number of aryl methyl sites for hydroxylation is 4. The van der Waals surface area contributed by atoms with Crippen molar-refractivity contribution in [1.29, 1.82) is 0 Å². The predicted molar refractivity (Wildman–Crippen MR) is 452 cm³/mol. The van der Waals surface area contributed by atoms with Crippen molar-refractivity contribution in [3.05, 3.63) is 196 Å². The molecule has 2 bridgehead atoms. The van der Waals surface area contributed by atoms with Crippen molar-refractivity contribution in [3.8, 4) is 17.2 Å². The zero-order chi connectivity index (χ0) is 84.2. The summed E-state index contributed by atoms with van der Waals surface area (Å²) in [6.45, 7) is 19.8. The summed E-state index contributed by atoms with van der Waals surface area (Å²) < 4.78 is 32.4. The van der Waals surface area contributed by atoms with Crippen molar-refractivity contribution >= 4 is 53.2 Å². The van der Waals surface area contributed by atoms with Crippen molar-refractivity contribution < 1.29 is 61.8 Å². The van der Waals surface area contributed by atoms with Gasteiger partial charge in [-0.2, -0.15) is 0 Å².